The number of thiocarbonyl (C=S) groups is 1. The highest BCUT2D eigenvalue weighted by Crippen LogP contribution is 2.12. The number of halogens is 1. The van der Waals surface area contributed by atoms with Crippen molar-refractivity contribution in [3.63, 3.8) is 0 Å². The van der Waals surface area contributed by atoms with Gasteiger partial charge in [-0.1, -0.05) is 18.2 Å². The van der Waals surface area contributed by atoms with E-state index in [-0.39, 0.29) is 0 Å². The topological polar surface area (TPSA) is 22.1 Å². The van der Waals surface area contributed by atoms with E-state index in [0.29, 0.717) is 10.9 Å². The summed E-state index contributed by atoms with van der Waals surface area (Å²) in [5, 5.41) is 0.442. The Morgan fingerprint density at radius 2 is 2.06 bits per heavy atom. The van der Waals surface area contributed by atoms with Gasteiger partial charge >= 0.3 is 0 Å². The second-order valence-electron chi connectivity index (χ2n) is 3.07. The molecule has 0 aliphatic rings. The molecule has 4 heteroatoms. The van der Waals surface area contributed by atoms with Crippen LogP contribution in [0, 0.1) is 3.57 Å². The third-order valence-electron chi connectivity index (χ3n) is 1.90. The molecule has 0 aliphatic carbocycles. The van der Waals surface area contributed by atoms with Gasteiger partial charge in [-0.2, -0.15) is 0 Å². The molecule has 0 saturated heterocycles. The van der Waals surface area contributed by atoms with Gasteiger partial charge in [0.05, 0.1) is 0 Å². The van der Waals surface area contributed by atoms with E-state index in [1.54, 1.807) is 12.3 Å². The molecule has 1 aromatic carbocycles. The zero-order valence-corrected chi connectivity index (χ0v) is 11.2. The highest BCUT2D eigenvalue weighted by atomic mass is 127. The molecule has 0 unspecified atom stereocenters. The number of hydrogen-bond donors (Lipinski definition) is 0. The van der Waals surface area contributed by atoms with Crippen molar-refractivity contribution in [1.29, 1.82) is 0 Å². The summed E-state index contributed by atoms with van der Waals surface area (Å²) in [6, 6.07) is 13.3. The molecule has 2 aromatic rings. The van der Waals surface area contributed by atoms with Gasteiger partial charge in [-0.15, -0.1) is 0 Å². The van der Waals surface area contributed by atoms with E-state index in [1.807, 2.05) is 36.4 Å². The summed E-state index contributed by atoms with van der Waals surface area (Å²) in [5.41, 5.74) is 0.896. The van der Waals surface area contributed by atoms with Crippen molar-refractivity contribution in [1.82, 2.24) is 4.98 Å². The first kappa shape index (κ1) is 11.5. The maximum Gasteiger partial charge on any atom is 0.220 e. The predicted octanol–water partition coefficient (Wildman–Crippen LogP) is 3.44. The molecule has 1 aromatic heterocycles. The van der Waals surface area contributed by atoms with Gasteiger partial charge in [-0.25, -0.2) is 4.98 Å². The minimum atomic E-state index is 0.442. The molecular formula is C12H8INOS. The Hall–Kier alpha value is -1.01. The number of hydrogen-bond acceptors (Lipinski definition) is 3. The maximum absolute atomic E-state index is 5.47. The van der Waals surface area contributed by atoms with Crippen LogP contribution in [-0.4, -0.2) is 10.0 Å². The number of nitrogens with zero attached hydrogens (tertiary/aromatic N) is 1. The average molecular weight is 341 g/mol. The van der Waals surface area contributed by atoms with Crippen molar-refractivity contribution in [2.75, 3.05) is 0 Å². The summed E-state index contributed by atoms with van der Waals surface area (Å²) in [6.07, 6.45) is 1.67. The van der Waals surface area contributed by atoms with Crippen LogP contribution in [0.2, 0.25) is 0 Å². The highest BCUT2D eigenvalue weighted by molar-refractivity contribution is 14.1. The molecular weight excluding hydrogens is 333 g/mol. The summed E-state index contributed by atoms with van der Waals surface area (Å²) in [6.45, 7) is 0. The summed E-state index contributed by atoms with van der Waals surface area (Å²) in [7, 11) is 0. The molecule has 0 bridgehead atoms. The first-order chi connectivity index (χ1) is 7.75. The van der Waals surface area contributed by atoms with E-state index in [2.05, 4.69) is 27.6 Å². The number of benzene rings is 1. The fourth-order valence-electron chi connectivity index (χ4n) is 1.18. The minimum absolute atomic E-state index is 0.442. The van der Waals surface area contributed by atoms with Crippen molar-refractivity contribution in [3.8, 4) is 5.88 Å². The molecule has 0 radical (unpaired) electrons. The van der Waals surface area contributed by atoms with Crippen LogP contribution in [0.3, 0.4) is 0 Å². The lowest BCUT2D eigenvalue weighted by Crippen LogP contribution is -2.07. The summed E-state index contributed by atoms with van der Waals surface area (Å²) in [5.74, 6) is 0.520. The van der Waals surface area contributed by atoms with Gasteiger partial charge in [-0.05, 0) is 53.0 Å². The Balaban J connectivity index is 2.15. The molecule has 1 heterocycles. The van der Waals surface area contributed by atoms with E-state index in [1.165, 1.54) is 0 Å². The first-order valence-electron chi connectivity index (χ1n) is 4.64. The molecule has 16 heavy (non-hydrogen) atoms. The third kappa shape index (κ3) is 2.99. The minimum Gasteiger partial charge on any atom is -0.427 e. The lowest BCUT2D eigenvalue weighted by Gasteiger charge is -2.05. The van der Waals surface area contributed by atoms with Crippen LogP contribution in [0.5, 0.6) is 5.88 Å². The van der Waals surface area contributed by atoms with Crippen LogP contribution >= 0.6 is 34.8 Å². The average Bonchev–Trinajstić information content (AvgIpc) is 2.30. The van der Waals surface area contributed by atoms with Crippen LogP contribution in [0.15, 0.2) is 48.7 Å². The summed E-state index contributed by atoms with van der Waals surface area (Å²) < 4.78 is 6.60. The maximum atomic E-state index is 5.47. The quantitative estimate of drug-likeness (QED) is 0.617. The first-order valence-corrected chi connectivity index (χ1v) is 6.13. The molecule has 0 aliphatic heterocycles. The number of rotatable bonds is 2. The van der Waals surface area contributed by atoms with Crippen LogP contribution in [0.1, 0.15) is 5.56 Å². The molecule has 0 spiro atoms. The SMILES string of the molecule is S=C(Oc1ccccn1)c1cccc(I)c1. The zero-order valence-electron chi connectivity index (χ0n) is 8.26. The summed E-state index contributed by atoms with van der Waals surface area (Å²) >= 11 is 7.44. The Kier molecular flexibility index (Phi) is 3.84. The Morgan fingerprint density at radius 3 is 2.75 bits per heavy atom. The van der Waals surface area contributed by atoms with Crippen molar-refractivity contribution < 1.29 is 4.74 Å². The van der Waals surface area contributed by atoms with Gasteiger partial charge < -0.3 is 4.74 Å². The molecule has 80 valence electrons. The predicted molar refractivity (Wildman–Crippen MR) is 75.7 cm³/mol. The van der Waals surface area contributed by atoms with Crippen molar-refractivity contribution in [2.24, 2.45) is 0 Å². The molecule has 0 amide bonds. The molecule has 2 rings (SSSR count). The molecule has 0 N–H and O–H groups in total. The smallest absolute Gasteiger partial charge is 0.220 e. The summed E-state index contributed by atoms with van der Waals surface area (Å²) in [4.78, 5) is 4.06. The van der Waals surface area contributed by atoms with E-state index in [9.17, 15) is 0 Å². The van der Waals surface area contributed by atoms with E-state index >= 15 is 0 Å². The van der Waals surface area contributed by atoms with E-state index < -0.39 is 0 Å². The standard InChI is InChI=1S/C12H8INOS/c13-10-5-3-4-9(8-10)12(16)15-11-6-1-2-7-14-11/h1-8H. The van der Waals surface area contributed by atoms with Crippen molar-refractivity contribution in [3.05, 3.63) is 57.8 Å². The molecule has 0 atom stereocenters. The van der Waals surface area contributed by atoms with E-state index in [4.69, 9.17) is 17.0 Å². The molecule has 0 saturated carbocycles. The molecule has 2 nitrogen and oxygen atoms in total. The van der Waals surface area contributed by atoms with Gasteiger partial charge in [0.15, 0.2) is 5.05 Å². The number of pyridine rings is 1. The zero-order chi connectivity index (χ0) is 11.4. The second-order valence-corrected chi connectivity index (χ2v) is 4.68. The largest absolute Gasteiger partial charge is 0.427 e. The second kappa shape index (κ2) is 5.36. The lowest BCUT2D eigenvalue weighted by atomic mass is 10.2. The van der Waals surface area contributed by atoms with Gasteiger partial charge in [0, 0.05) is 21.4 Å². The normalized spacial score (nSPS) is 9.81. The highest BCUT2D eigenvalue weighted by Gasteiger charge is 2.04. The Morgan fingerprint density at radius 1 is 1.19 bits per heavy atom. The van der Waals surface area contributed by atoms with Crippen molar-refractivity contribution in [2.45, 2.75) is 0 Å². The number of ether oxygens (including phenoxy) is 1. The van der Waals surface area contributed by atoms with Crippen LogP contribution in [-0.2, 0) is 0 Å². The van der Waals surface area contributed by atoms with Gasteiger partial charge in [-0.3, -0.25) is 0 Å². The fourth-order valence-corrected chi connectivity index (χ4v) is 1.93. The number of aromatic nitrogens is 1. The van der Waals surface area contributed by atoms with Crippen molar-refractivity contribution >= 4 is 39.9 Å². The van der Waals surface area contributed by atoms with Crippen LogP contribution in [0.4, 0.5) is 0 Å². The van der Waals surface area contributed by atoms with Gasteiger partial charge in [0.1, 0.15) is 0 Å². The third-order valence-corrected chi connectivity index (χ3v) is 2.89. The molecule has 0 fully saturated rings. The van der Waals surface area contributed by atoms with Gasteiger partial charge in [0.25, 0.3) is 0 Å². The van der Waals surface area contributed by atoms with Gasteiger partial charge in [0.2, 0.25) is 5.88 Å². The Labute approximate surface area is 113 Å². The Bertz CT molecular complexity index is 501. The fraction of sp³-hybridized carbons (Fsp3) is 0. The monoisotopic (exact) mass is 341 g/mol. The lowest BCUT2D eigenvalue weighted by molar-refractivity contribution is 0.542. The van der Waals surface area contributed by atoms with Crippen LogP contribution < -0.4 is 4.74 Å². The van der Waals surface area contributed by atoms with Crippen LogP contribution in [0.25, 0.3) is 0 Å². The van der Waals surface area contributed by atoms with E-state index in [0.717, 1.165) is 9.13 Å².